The van der Waals surface area contributed by atoms with Crippen molar-refractivity contribution in [1.29, 1.82) is 0 Å². The molecule has 1 aliphatic heterocycles. The molecule has 108 valence electrons. The van der Waals surface area contributed by atoms with E-state index in [0.29, 0.717) is 5.75 Å². The second kappa shape index (κ2) is 5.81. The zero-order chi connectivity index (χ0) is 14.8. The number of carbonyl (C=O) groups is 1. The van der Waals surface area contributed by atoms with Gasteiger partial charge in [0.1, 0.15) is 22.7 Å². The van der Waals surface area contributed by atoms with Crippen LogP contribution in [0.5, 0.6) is 0 Å². The monoisotopic (exact) mass is 306 g/mol. The van der Waals surface area contributed by atoms with E-state index in [0.717, 1.165) is 17.7 Å². The number of carbonyl (C=O) groups excluding carboxylic acids is 1. The van der Waals surface area contributed by atoms with Crippen LogP contribution in [0.25, 0.3) is 0 Å². The Kier molecular flexibility index (Phi) is 3.88. The molecule has 1 aromatic heterocycles. The predicted molar refractivity (Wildman–Crippen MR) is 77.9 cm³/mol. The summed E-state index contributed by atoms with van der Waals surface area (Å²) in [5.41, 5.74) is 0.460. The van der Waals surface area contributed by atoms with Gasteiger partial charge in [0.15, 0.2) is 0 Å². The van der Waals surface area contributed by atoms with E-state index in [1.54, 1.807) is 24.5 Å². The molecule has 3 nitrogen and oxygen atoms in total. The largest absolute Gasteiger partial charge is 0.290 e. The number of hydrogen-bond donors (Lipinski definition) is 0. The van der Waals surface area contributed by atoms with Crippen LogP contribution in [0.15, 0.2) is 42.7 Å². The third-order valence-corrected chi connectivity index (χ3v) is 4.48. The number of thioether (sulfide) groups is 1. The molecule has 1 amide bonds. The molecule has 2 aromatic rings. The summed E-state index contributed by atoms with van der Waals surface area (Å²) >= 11 is 1.47. The van der Waals surface area contributed by atoms with Crippen LogP contribution in [0.2, 0.25) is 0 Å². The molecule has 1 aromatic carbocycles. The summed E-state index contributed by atoms with van der Waals surface area (Å²) in [7, 11) is 0. The van der Waals surface area contributed by atoms with Crippen molar-refractivity contribution in [3.05, 3.63) is 59.9 Å². The van der Waals surface area contributed by atoms with Gasteiger partial charge >= 0.3 is 0 Å². The first-order valence-corrected chi connectivity index (χ1v) is 7.51. The van der Waals surface area contributed by atoms with E-state index in [9.17, 15) is 13.6 Å². The number of pyridine rings is 1. The molecule has 0 aliphatic carbocycles. The van der Waals surface area contributed by atoms with Gasteiger partial charge in [-0.05, 0) is 18.2 Å². The van der Waals surface area contributed by atoms with Gasteiger partial charge in [-0.15, -0.1) is 11.8 Å². The maximum Gasteiger partial charge on any atom is 0.229 e. The molecule has 1 aliphatic rings. The third kappa shape index (κ3) is 2.63. The highest BCUT2D eigenvalue weighted by Crippen LogP contribution is 2.41. The fraction of sp³-hybridized carbons (Fsp3) is 0.200. The molecule has 6 heteroatoms. The highest BCUT2D eigenvalue weighted by molar-refractivity contribution is 7.99. The maximum absolute atomic E-state index is 14.0. The zero-order valence-corrected chi connectivity index (χ0v) is 11.8. The van der Waals surface area contributed by atoms with Crippen LogP contribution in [0.4, 0.5) is 14.5 Å². The van der Waals surface area contributed by atoms with E-state index in [1.807, 2.05) is 0 Å². The number of anilines is 1. The first-order valence-electron chi connectivity index (χ1n) is 6.46. The van der Waals surface area contributed by atoms with Crippen LogP contribution < -0.4 is 4.90 Å². The van der Waals surface area contributed by atoms with Crippen LogP contribution in [-0.4, -0.2) is 16.6 Å². The summed E-state index contributed by atoms with van der Waals surface area (Å²) in [4.78, 5) is 17.5. The van der Waals surface area contributed by atoms with Crippen molar-refractivity contribution in [2.75, 3.05) is 10.7 Å². The Hall–Kier alpha value is -1.95. The Morgan fingerprint density at radius 1 is 1.19 bits per heavy atom. The lowest BCUT2D eigenvalue weighted by molar-refractivity contribution is -0.118. The summed E-state index contributed by atoms with van der Waals surface area (Å²) in [5.74, 6) is -1.14. The zero-order valence-electron chi connectivity index (χ0n) is 11.0. The van der Waals surface area contributed by atoms with Gasteiger partial charge in [0.25, 0.3) is 0 Å². The van der Waals surface area contributed by atoms with Crippen LogP contribution in [0.1, 0.15) is 17.4 Å². The van der Waals surface area contributed by atoms with Crippen molar-refractivity contribution in [2.45, 2.75) is 11.8 Å². The number of nitrogens with zero attached hydrogens (tertiary/aromatic N) is 2. The second-order valence-corrected chi connectivity index (χ2v) is 5.78. The molecule has 0 saturated carbocycles. The summed E-state index contributed by atoms with van der Waals surface area (Å²) in [6.45, 7) is 0. The summed E-state index contributed by atoms with van der Waals surface area (Å²) in [5, 5.41) is -0.466. The van der Waals surface area contributed by atoms with E-state index in [4.69, 9.17) is 0 Å². The van der Waals surface area contributed by atoms with Gasteiger partial charge in [-0.1, -0.05) is 12.1 Å². The molecule has 0 bridgehead atoms. The van der Waals surface area contributed by atoms with Crippen LogP contribution in [-0.2, 0) is 4.79 Å². The van der Waals surface area contributed by atoms with Gasteiger partial charge in [0.2, 0.25) is 5.91 Å². The molecule has 0 spiro atoms. The molecule has 1 saturated heterocycles. The minimum atomic E-state index is -0.736. The first-order chi connectivity index (χ1) is 10.2. The maximum atomic E-state index is 14.0. The van der Waals surface area contributed by atoms with Gasteiger partial charge in [-0.2, -0.15) is 0 Å². The SMILES string of the molecule is O=C1CCSC(c2cccnc2)N1c1c(F)cccc1F. The number of rotatable bonds is 2. The normalized spacial score (nSPS) is 18.9. The number of aromatic nitrogens is 1. The van der Waals surface area contributed by atoms with Crippen molar-refractivity contribution < 1.29 is 13.6 Å². The fourth-order valence-corrected chi connectivity index (χ4v) is 3.53. The summed E-state index contributed by atoms with van der Waals surface area (Å²) in [6.07, 6.45) is 3.49. The molecule has 21 heavy (non-hydrogen) atoms. The average Bonchev–Trinajstić information content (AvgIpc) is 2.49. The Balaban J connectivity index is 2.09. The van der Waals surface area contributed by atoms with Gasteiger partial charge in [0, 0.05) is 30.1 Å². The number of halogens is 2. The number of benzene rings is 1. The summed E-state index contributed by atoms with van der Waals surface area (Å²) in [6, 6.07) is 7.14. The number of para-hydroxylation sites is 1. The van der Waals surface area contributed by atoms with E-state index in [1.165, 1.54) is 22.7 Å². The minimum Gasteiger partial charge on any atom is -0.290 e. The highest BCUT2D eigenvalue weighted by atomic mass is 32.2. The van der Waals surface area contributed by atoms with Crippen molar-refractivity contribution in [1.82, 2.24) is 4.98 Å². The highest BCUT2D eigenvalue weighted by Gasteiger charge is 2.34. The summed E-state index contributed by atoms with van der Waals surface area (Å²) < 4.78 is 28.1. The molecule has 3 rings (SSSR count). The van der Waals surface area contributed by atoms with Crippen molar-refractivity contribution >= 4 is 23.4 Å². The van der Waals surface area contributed by atoms with Gasteiger partial charge < -0.3 is 0 Å². The molecule has 1 fully saturated rings. The van der Waals surface area contributed by atoms with Crippen LogP contribution in [0, 0.1) is 11.6 Å². The van der Waals surface area contributed by atoms with Crippen molar-refractivity contribution in [2.24, 2.45) is 0 Å². The molecule has 0 radical (unpaired) electrons. The Labute approximate surface area is 125 Å². The third-order valence-electron chi connectivity index (χ3n) is 3.24. The van der Waals surface area contributed by atoms with E-state index in [-0.39, 0.29) is 18.0 Å². The topological polar surface area (TPSA) is 33.2 Å². The molecular formula is C15H12F2N2OS. The molecule has 0 N–H and O–H groups in total. The molecule has 2 heterocycles. The Morgan fingerprint density at radius 3 is 2.62 bits per heavy atom. The van der Waals surface area contributed by atoms with Crippen LogP contribution in [0.3, 0.4) is 0 Å². The van der Waals surface area contributed by atoms with Gasteiger partial charge in [0.05, 0.1) is 0 Å². The lowest BCUT2D eigenvalue weighted by Crippen LogP contribution is -2.38. The number of amides is 1. The standard InChI is InChI=1S/C15H12F2N2OS/c16-11-4-1-5-12(17)14(11)19-13(20)6-8-21-15(19)10-3-2-7-18-9-10/h1-5,7,9,15H,6,8H2. The fourth-order valence-electron chi connectivity index (χ4n) is 2.31. The van der Waals surface area contributed by atoms with E-state index >= 15 is 0 Å². The van der Waals surface area contributed by atoms with E-state index in [2.05, 4.69) is 4.98 Å². The quantitative estimate of drug-likeness (QED) is 0.851. The van der Waals surface area contributed by atoms with E-state index < -0.39 is 17.0 Å². The van der Waals surface area contributed by atoms with Crippen molar-refractivity contribution in [3.8, 4) is 0 Å². The first kappa shape index (κ1) is 14.0. The smallest absolute Gasteiger partial charge is 0.229 e. The minimum absolute atomic E-state index is 0.259. The number of hydrogen-bond acceptors (Lipinski definition) is 3. The predicted octanol–water partition coefficient (Wildman–Crippen LogP) is 3.53. The van der Waals surface area contributed by atoms with Crippen LogP contribution >= 0.6 is 11.8 Å². The molecular weight excluding hydrogens is 294 g/mol. The average molecular weight is 306 g/mol. The Morgan fingerprint density at radius 2 is 1.95 bits per heavy atom. The lowest BCUT2D eigenvalue weighted by Gasteiger charge is -2.35. The van der Waals surface area contributed by atoms with Gasteiger partial charge in [-0.3, -0.25) is 14.7 Å². The second-order valence-electron chi connectivity index (χ2n) is 4.59. The molecule has 1 unspecified atom stereocenters. The lowest BCUT2D eigenvalue weighted by atomic mass is 10.2. The Bertz CT molecular complexity index is 646. The van der Waals surface area contributed by atoms with Gasteiger partial charge in [-0.25, -0.2) is 8.78 Å². The van der Waals surface area contributed by atoms with Crippen molar-refractivity contribution in [3.63, 3.8) is 0 Å². The molecule has 1 atom stereocenters.